The Balaban J connectivity index is 1.84. The van der Waals surface area contributed by atoms with Crippen LogP contribution in [0, 0.1) is 13.8 Å². The van der Waals surface area contributed by atoms with Crippen LogP contribution in [0.4, 0.5) is 0 Å². The molecule has 1 saturated carbocycles. The maximum absolute atomic E-state index is 6.30. The molecule has 1 aromatic carbocycles. The highest BCUT2D eigenvalue weighted by Crippen LogP contribution is 2.30. The Morgan fingerprint density at radius 3 is 2.44 bits per heavy atom. The minimum Gasteiger partial charge on any atom is -0.327 e. The second kappa shape index (κ2) is 6.63. The summed E-state index contributed by atoms with van der Waals surface area (Å²) < 4.78 is 0. The summed E-state index contributed by atoms with van der Waals surface area (Å²) in [5.74, 6) is 1.11. The lowest BCUT2D eigenvalue weighted by molar-refractivity contribution is 0.738. The zero-order valence-corrected chi connectivity index (χ0v) is 12.4. The van der Waals surface area contributed by atoms with Crippen molar-refractivity contribution in [3.63, 3.8) is 0 Å². The van der Waals surface area contributed by atoms with E-state index in [9.17, 15) is 0 Å². The molecule has 0 aromatic heterocycles. The molecule has 0 amide bonds. The molecule has 0 heterocycles. The van der Waals surface area contributed by atoms with E-state index in [0.29, 0.717) is 6.04 Å². The number of hydrogen-bond donors (Lipinski definition) is 1. The van der Waals surface area contributed by atoms with Crippen LogP contribution in [0.1, 0.15) is 42.4 Å². The minimum atomic E-state index is 0.301. The van der Waals surface area contributed by atoms with E-state index in [2.05, 4.69) is 43.8 Å². The fraction of sp³-hybridized carbons (Fsp3) is 0.625. The first-order chi connectivity index (χ1) is 8.66. The van der Waals surface area contributed by atoms with Crippen LogP contribution in [0.2, 0.25) is 0 Å². The molecule has 0 radical (unpaired) electrons. The van der Waals surface area contributed by atoms with Crippen molar-refractivity contribution in [1.82, 2.24) is 0 Å². The Morgan fingerprint density at radius 1 is 1.22 bits per heavy atom. The number of hydrogen-bond acceptors (Lipinski definition) is 2. The number of nitrogens with two attached hydrogens (primary N) is 1. The van der Waals surface area contributed by atoms with Gasteiger partial charge in [-0.15, -0.1) is 0 Å². The molecular weight excluding hydrogens is 238 g/mol. The van der Waals surface area contributed by atoms with Crippen molar-refractivity contribution < 1.29 is 0 Å². The zero-order chi connectivity index (χ0) is 13.0. The Hall–Kier alpha value is -0.470. The molecule has 100 valence electrons. The van der Waals surface area contributed by atoms with Gasteiger partial charge in [0.25, 0.3) is 0 Å². The average molecular weight is 263 g/mol. The van der Waals surface area contributed by atoms with E-state index in [0.717, 1.165) is 17.4 Å². The Bertz CT molecular complexity index is 362. The normalized spacial score (nSPS) is 18.2. The van der Waals surface area contributed by atoms with E-state index in [4.69, 9.17) is 5.73 Å². The second-order valence-corrected chi connectivity index (χ2v) is 6.91. The third kappa shape index (κ3) is 3.76. The summed E-state index contributed by atoms with van der Waals surface area (Å²) in [6.45, 7) is 4.39. The Labute approximate surface area is 116 Å². The number of thioether (sulfide) groups is 1. The summed E-state index contributed by atoms with van der Waals surface area (Å²) in [6, 6.07) is 6.82. The zero-order valence-electron chi connectivity index (χ0n) is 11.6. The van der Waals surface area contributed by atoms with E-state index < -0.39 is 0 Å². The Morgan fingerprint density at radius 2 is 1.83 bits per heavy atom. The molecule has 2 heteroatoms. The van der Waals surface area contributed by atoms with Gasteiger partial charge in [0.15, 0.2) is 0 Å². The van der Waals surface area contributed by atoms with Crippen LogP contribution in [0.25, 0.3) is 0 Å². The number of benzene rings is 1. The molecule has 2 N–H and O–H groups in total. The maximum atomic E-state index is 6.30. The average Bonchev–Trinajstić information content (AvgIpc) is 2.84. The van der Waals surface area contributed by atoms with Crippen LogP contribution in [-0.2, 0) is 6.42 Å². The molecule has 1 nitrogen and oxygen atoms in total. The summed E-state index contributed by atoms with van der Waals surface area (Å²) in [5, 5.41) is 0.883. The lowest BCUT2D eigenvalue weighted by atomic mass is 9.97. The molecule has 2 rings (SSSR count). The standard InChI is InChI=1S/C16H25NS/c1-12-6-5-7-13(2)16(12)10-14(17)11-18-15-8-3-4-9-15/h5-7,14-15H,3-4,8-11,17H2,1-2H3. The summed E-state index contributed by atoms with van der Waals surface area (Å²) in [7, 11) is 0. The van der Waals surface area contributed by atoms with E-state index >= 15 is 0 Å². The summed E-state index contributed by atoms with van der Waals surface area (Å²) in [6.07, 6.45) is 6.67. The number of aryl methyl sites for hydroxylation is 2. The first-order valence-electron chi connectivity index (χ1n) is 7.09. The monoisotopic (exact) mass is 263 g/mol. The first kappa shape index (κ1) is 14.0. The van der Waals surface area contributed by atoms with Crippen molar-refractivity contribution in [3.8, 4) is 0 Å². The number of rotatable bonds is 5. The van der Waals surface area contributed by atoms with Gasteiger partial charge in [0.1, 0.15) is 0 Å². The van der Waals surface area contributed by atoms with Crippen LogP contribution >= 0.6 is 11.8 Å². The molecule has 1 fully saturated rings. The van der Waals surface area contributed by atoms with Gasteiger partial charge in [-0.1, -0.05) is 31.0 Å². The summed E-state index contributed by atoms with van der Waals surface area (Å²) in [4.78, 5) is 0. The molecule has 1 aliphatic rings. The van der Waals surface area contributed by atoms with Crippen molar-refractivity contribution in [2.45, 2.75) is 57.2 Å². The molecule has 1 aromatic rings. The highest BCUT2D eigenvalue weighted by atomic mass is 32.2. The van der Waals surface area contributed by atoms with Crippen molar-refractivity contribution >= 4 is 11.8 Å². The maximum Gasteiger partial charge on any atom is 0.0171 e. The van der Waals surface area contributed by atoms with Crippen LogP contribution in [0.3, 0.4) is 0 Å². The van der Waals surface area contributed by atoms with Crippen LogP contribution < -0.4 is 5.73 Å². The van der Waals surface area contributed by atoms with E-state index in [-0.39, 0.29) is 0 Å². The van der Waals surface area contributed by atoms with Crippen molar-refractivity contribution in [2.24, 2.45) is 5.73 Å². The molecule has 1 unspecified atom stereocenters. The van der Waals surface area contributed by atoms with Crippen molar-refractivity contribution in [2.75, 3.05) is 5.75 Å². The van der Waals surface area contributed by atoms with Gasteiger partial charge in [-0.2, -0.15) is 11.8 Å². The van der Waals surface area contributed by atoms with Gasteiger partial charge in [0.2, 0.25) is 0 Å². The van der Waals surface area contributed by atoms with Gasteiger partial charge in [0.05, 0.1) is 0 Å². The van der Waals surface area contributed by atoms with Crippen LogP contribution in [0.15, 0.2) is 18.2 Å². The van der Waals surface area contributed by atoms with Gasteiger partial charge >= 0.3 is 0 Å². The SMILES string of the molecule is Cc1cccc(C)c1CC(N)CSC1CCCC1. The third-order valence-electron chi connectivity index (χ3n) is 3.96. The molecule has 0 aliphatic heterocycles. The fourth-order valence-corrected chi connectivity index (χ4v) is 4.11. The molecule has 18 heavy (non-hydrogen) atoms. The second-order valence-electron chi connectivity index (χ2n) is 5.57. The molecule has 0 saturated heterocycles. The molecule has 1 atom stereocenters. The van der Waals surface area contributed by atoms with E-state index in [1.165, 1.54) is 42.4 Å². The van der Waals surface area contributed by atoms with E-state index in [1.54, 1.807) is 0 Å². The Kier molecular flexibility index (Phi) is 5.13. The smallest absolute Gasteiger partial charge is 0.0171 e. The summed E-state index contributed by atoms with van der Waals surface area (Å²) in [5.41, 5.74) is 10.5. The predicted octanol–water partition coefficient (Wildman–Crippen LogP) is 3.85. The lowest BCUT2D eigenvalue weighted by Gasteiger charge is -2.17. The van der Waals surface area contributed by atoms with Crippen molar-refractivity contribution in [1.29, 1.82) is 0 Å². The predicted molar refractivity (Wildman–Crippen MR) is 82.3 cm³/mol. The summed E-state index contributed by atoms with van der Waals surface area (Å²) >= 11 is 2.10. The molecule has 0 bridgehead atoms. The van der Waals surface area contributed by atoms with Crippen molar-refractivity contribution in [3.05, 3.63) is 34.9 Å². The highest BCUT2D eigenvalue weighted by Gasteiger charge is 2.17. The first-order valence-corrected chi connectivity index (χ1v) is 8.14. The lowest BCUT2D eigenvalue weighted by Crippen LogP contribution is -2.27. The van der Waals surface area contributed by atoms with E-state index in [1.807, 2.05) is 0 Å². The highest BCUT2D eigenvalue weighted by molar-refractivity contribution is 7.99. The topological polar surface area (TPSA) is 26.0 Å². The van der Waals surface area contributed by atoms with Gasteiger partial charge in [-0.3, -0.25) is 0 Å². The van der Waals surface area contributed by atoms with Crippen LogP contribution in [-0.4, -0.2) is 17.0 Å². The largest absolute Gasteiger partial charge is 0.327 e. The fourth-order valence-electron chi connectivity index (χ4n) is 2.81. The molecular formula is C16H25NS. The third-order valence-corrected chi connectivity index (χ3v) is 5.52. The molecule has 0 spiro atoms. The van der Waals surface area contributed by atoms with Gasteiger partial charge < -0.3 is 5.73 Å². The quantitative estimate of drug-likeness (QED) is 0.873. The molecule has 1 aliphatic carbocycles. The van der Waals surface area contributed by atoms with Gasteiger partial charge in [0, 0.05) is 17.0 Å². The van der Waals surface area contributed by atoms with Gasteiger partial charge in [-0.25, -0.2) is 0 Å². The van der Waals surface area contributed by atoms with Crippen LogP contribution in [0.5, 0.6) is 0 Å². The van der Waals surface area contributed by atoms with Gasteiger partial charge in [-0.05, 0) is 49.8 Å². The minimum absolute atomic E-state index is 0.301.